The average molecular weight is 378 g/mol. The number of nitriles is 1. The Kier molecular flexibility index (Phi) is 6.80. The fourth-order valence-corrected chi connectivity index (χ4v) is 3.66. The number of aromatic amines is 1. The van der Waals surface area contributed by atoms with Crippen LogP contribution in [0.15, 0.2) is 16.0 Å². The van der Waals surface area contributed by atoms with Crippen molar-refractivity contribution >= 4 is 23.6 Å². The van der Waals surface area contributed by atoms with E-state index in [0.717, 1.165) is 31.0 Å². The summed E-state index contributed by atoms with van der Waals surface area (Å²) in [4.78, 5) is 42.3. The van der Waals surface area contributed by atoms with Gasteiger partial charge in [0.2, 0.25) is 5.91 Å². The molecule has 2 N–H and O–H groups in total. The van der Waals surface area contributed by atoms with E-state index in [-0.39, 0.29) is 23.2 Å². The molecule has 8 nitrogen and oxygen atoms in total. The van der Waals surface area contributed by atoms with Crippen molar-refractivity contribution in [1.29, 1.82) is 5.26 Å². The molecule has 0 bridgehead atoms. The lowest BCUT2D eigenvalue weighted by Gasteiger charge is -2.32. The van der Waals surface area contributed by atoms with E-state index in [4.69, 9.17) is 0 Å². The van der Waals surface area contributed by atoms with Gasteiger partial charge in [-0.25, -0.2) is 4.98 Å². The van der Waals surface area contributed by atoms with Gasteiger partial charge in [0, 0.05) is 6.07 Å². The highest BCUT2D eigenvalue weighted by Crippen LogP contribution is 2.28. The lowest BCUT2D eigenvalue weighted by molar-refractivity contribution is -0.139. The van der Waals surface area contributed by atoms with Gasteiger partial charge in [-0.2, -0.15) is 5.26 Å². The van der Waals surface area contributed by atoms with Crippen LogP contribution in [0, 0.1) is 11.3 Å². The van der Waals surface area contributed by atoms with E-state index >= 15 is 0 Å². The van der Waals surface area contributed by atoms with Crippen LogP contribution in [0.25, 0.3) is 0 Å². The molecular formula is C17H22N4O4S. The number of nitrogens with zero attached hydrogens (tertiary/aromatic N) is 2. The Balaban J connectivity index is 2.05. The van der Waals surface area contributed by atoms with Crippen molar-refractivity contribution in [3.8, 4) is 6.07 Å². The molecule has 1 aromatic rings. The van der Waals surface area contributed by atoms with Crippen molar-refractivity contribution in [1.82, 2.24) is 15.3 Å². The van der Waals surface area contributed by atoms with Crippen molar-refractivity contribution in [2.75, 3.05) is 7.11 Å². The molecule has 1 fully saturated rings. The van der Waals surface area contributed by atoms with E-state index in [1.165, 1.54) is 13.2 Å². The lowest BCUT2D eigenvalue weighted by atomic mass is 9.83. The number of carbonyl (C=O) groups excluding carboxylic acids is 2. The summed E-state index contributed by atoms with van der Waals surface area (Å²) in [5, 5.41) is 12.0. The van der Waals surface area contributed by atoms with Gasteiger partial charge in [-0.15, -0.1) is 0 Å². The number of amides is 1. The summed E-state index contributed by atoms with van der Waals surface area (Å²) >= 11 is 1.07. The Morgan fingerprint density at radius 3 is 2.77 bits per heavy atom. The predicted octanol–water partition coefficient (Wildman–Crippen LogP) is 1.31. The Bertz CT molecular complexity index is 765. The number of thioether (sulfide) groups is 1. The smallest absolute Gasteiger partial charge is 0.311 e. The summed E-state index contributed by atoms with van der Waals surface area (Å²) < 4.78 is 4.57. The van der Waals surface area contributed by atoms with Gasteiger partial charge >= 0.3 is 5.97 Å². The molecule has 0 aliphatic heterocycles. The number of esters is 1. The van der Waals surface area contributed by atoms with Crippen molar-refractivity contribution < 1.29 is 14.3 Å². The van der Waals surface area contributed by atoms with Crippen LogP contribution in [0.2, 0.25) is 0 Å². The molecule has 1 amide bonds. The Hall–Kier alpha value is -2.34. The van der Waals surface area contributed by atoms with Crippen LogP contribution in [0.4, 0.5) is 0 Å². The molecule has 0 spiro atoms. The standard InChI is InChI=1S/C17H22N4O4S/c1-11(15(24)21-17(10-18)6-4-3-5-7-17)26-16-19-12(8-13(22)20-16)9-14(23)25-2/h8,11H,3-7,9H2,1-2H3,(H,21,24)(H,19,20,22)/t11-/m1/s1. The third-order valence-corrected chi connectivity index (χ3v) is 5.25. The minimum atomic E-state index is -0.808. The number of carbonyl (C=O) groups is 2. The van der Waals surface area contributed by atoms with E-state index in [2.05, 4.69) is 26.1 Å². The molecule has 1 aliphatic rings. The minimum absolute atomic E-state index is 0.119. The van der Waals surface area contributed by atoms with E-state index in [1.807, 2.05) is 0 Å². The highest BCUT2D eigenvalue weighted by molar-refractivity contribution is 8.00. The second kappa shape index (κ2) is 8.85. The van der Waals surface area contributed by atoms with E-state index in [1.54, 1.807) is 6.92 Å². The van der Waals surface area contributed by atoms with Crippen molar-refractivity contribution in [3.63, 3.8) is 0 Å². The third-order valence-electron chi connectivity index (χ3n) is 4.27. The first-order valence-corrected chi connectivity index (χ1v) is 9.32. The van der Waals surface area contributed by atoms with Crippen molar-refractivity contribution in [2.45, 2.75) is 61.4 Å². The largest absolute Gasteiger partial charge is 0.469 e. The Labute approximate surface area is 155 Å². The molecule has 140 valence electrons. The van der Waals surface area contributed by atoms with Crippen LogP contribution in [-0.2, 0) is 20.7 Å². The molecular weight excluding hydrogens is 356 g/mol. The molecule has 9 heteroatoms. The average Bonchev–Trinajstić information content (AvgIpc) is 2.61. The molecule has 0 unspecified atom stereocenters. The molecule has 0 radical (unpaired) electrons. The Morgan fingerprint density at radius 2 is 2.15 bits per heavy atom. The molecule has 0 saturated heterocycles. The SMILES string of the molecule is COC(=O)Cc1cc(=O)[nH]c(S[C@H](C)C(=O)NC2(C#N)CCCCC2)n1. The number of hydrogen-bond donors (Lipinski definition) is 2. The molecule has 1 saturated carbocycles. The van der Waals surface area contributed by atoms with Crippen molar-refractivity contribution in [3.05, 3.63) is 22.1 Å². The highest BCUT2D eigenvalue weighted by Gasteiger charge is 2.35. The number of methoxy groups -OCH3 is 1. The first-order valence-electron chi connectivity index (χ1n) is 8.44. The molecule has 1 aromatic heterocycles. The number of H-pyrrole nitrogens is 1. The van der Waals surface area contributed by atoms with Crippen LogP contribution >= 0.6 is 11.8 Å². The zero-order valence-corrected chi connectivity index (χ0v) is 15.6. The fraction of sp³-hybridized carbons (Fsp3) is 0.588. The Morgan fingerprint density at radius 1 is 1.46 bits per heavy atom. The van der Waals surface area contributed by atoms with Gasteiger partial charge in [0.15, 0.2) is 5.16 Å². The third kappa shape index (κ3) is 5.33. The molecule has 1 aliphatic carbocycles. The van der Waals surface area contributed by atoms with Crippen LogP contribution in [-0.4, -0.2) is 39.7 Å². The molecule has 26 heavy (non-hydrogen) atoms. The number of nitrogens with one attached hydrogen (secondary N) is 2. The minimum Gasteiger partial charge on any atom is -0.469 e. The fourth-order valence-electron chi connectivity index (χ4n) is 2.83. The quantitative estimate of drug-likeness (QED) is 0.434. The summed E-state index contributed by atoms with van der Waals surface area (Å²) in [6.45, 7) is 1.68. The second-order valence-electron chi connectivity index (χ2n) is 6.30. The maximum absolute atomic E-state index is 12.5. The predicted molar refractivity (Wildman–Crippen MR) is 95.5 cm³/mol. The summed E-state index contributed by atoms with van der Waals surface area (Å²) in [6, 6.07) is 3.47. The van der Waals surface area contributed by atoms with Gasteiger partial charge in [-0.3, -0.25) is 14.4 Å². The maximum Gasteiger partial charge on any atom is 0.311 e. The van der Waals surface area contributed by atoms with E-state index < -0.39 is 22.3 Å². The molecule has 1 heterocycles. The summed E-state index contributed by atoms with van der Waals surface area (Å²) in [6.07, 6.45) is 4.08. The summed E-state index contributed by atoms with van der Waals surface area (Å²) in [7, 11) is 1.26. The zero-order chi connectivity index (χ0) is 19.2. The van der Waals surface area contributed by atoms with Crippen molar-refractivity contribution in [2.24, 2.45) is 0 Å². The first kappa shape index (κ1) is 20.0. The second-order valence-corrected chi connectivity index (χ2v) is 7.63. The van der Waals surface area contributed by atoms with Crippen LogP contribution < -0.4 is 10.9 Å². The van der Waals surface area contributed by atoms with Gasteiger partial charge in [-0.1, -0.05) is 31.0 Å². The van der Waals surface area contributed by atoms with Crippen LogP contribution in [0.1, 0.15) is 44.7 Å². The van der Waals surface area contributed by atoms with Gasteiger partial charge in [0.1, 0.15) is 5.54 Å². The summed E-state index contributed by atoms with van der Waals surface area (Å²) in [5.74, 6) is -0.780. The molecule has 1 atom stereocenters. The first-order chi connectivity index (χ1) is 12.4. The van der Waals surface area contributed by atoms with Gasteiger partial charge in [0.25, 0.3) is 5.56 Å². The highest BCUT2D eigenvalue weighted by atomic mass is 32.2. The monoisotopic (exact) mass is 378 g/mol. The van der Waals surface area contributed by atoms with E-state index in [0.29, 0.717) is 12.8 Å². The number of ether oxygens (including phenoxy) is 1. The topological polar surface area (TPSA) is 125 Å². The number of hydrogen-bond acceptors (Lipinski definition) is 7. The van der Waals surface area contributed by atoms with Gasteiger partial charge in [0.05, 0.1) is 30.5 Å². The number of rotatable bonds is 6. The van der Waals surface area contributed by atoms with E-state index in [9.17, 15) is 19.6 Å². The van der Waals surface area contributed by atoms with Crippen LogP contribution in [0.3, 0.4) is 0 Å². The molecule has 2 rings (SSSR count). The normalized spacial score (nSPS) is 17.0. The summed E-state index contributed by atoms with van der Waals surface area (Å²) in [5.41, 5.74) is -0.941. The lowest BCUT2D eigenvalue weighted by Crippen LogP contribution is -2.51. The number of aromatic nitrogens is 2. The molecule has 0 aromatic carbocycles. The maximum atomic E-state index is 12.5. The zero-order valence-electron chi connectivity index (χ0n) is 14.8. The van der Waals surface area contributed by atoms with Crippen LogP contribution in [0.5, 0.6) is 0 Å². The van der Waals surface area contributed by atoms with Gasteiger partial charge < -0.3 is 15.0 Å². The van der Waals surface area contributed by atoms with Gasteiger partial charge in [-0.05, 0) is 19.8 Å².